The number of methoxy groups -OCH3 is 1. The normalized spacial score (nSPS) is 24.1. The van der Waals surface area contributed by atoms with Crippen LogP contribution in [0.2, 0.25) is 16.6 Å². The molecule has 1 aromatic rings. The summed E-state index contributed by atoms with van der Waals surface area (Å²) in [7, 11) is -0.295. The lowest BCUT2D eigenvalue weighted by Crippen LogP contribution is -2.49. The molecule has 0 aliphatic carbocycles. The van der Waals surface area contributed by atoms with E-state index in [-0.39, 0.29) is 24.1 Å². The van der Waals surface area contributed by atoms with Gasteiger partial charge in [-0.3, -0.25) is 4.79 Å². The van der Waals surface area contributed by atoms with Gasteiger partial charge in [0.1, 0.15) is 11.9 Å². The van der Waals surface area contributed by atoms with Gasteiger partial charge < -0.3 is 18.6 Å². The molecule has 5 nitrogen and oxygen atoms in total. The van der Waals surface area contributed by atoms with E-state index < -0.39 is 8.32 Å². The van der Waals surface area contributed by atoms with E-state index in [1.54, 1.807) is 7.11 Å². The number of rotatable bonds is 11. The summed E-state index contributed by atoms with van der Waals surface area (Å²) in [5.41, 5.74) is 4.05. The van der Waals surface area contributed by atoms with E-state index in [2.05, 4.69) is 68.4 Å². The Labute approximate surface area is 240 Å². The van der Waals surface area contributed by atoms with Crippen molar-refractivity contribution in [3.63, 3.8) is 0 Å². The Morgan fingerprint density at radius 1 is 1.00 bits per heavy atom. The maximum atomic E-state index is 12.9. The van der Waals surface area contributed by atoms with Crippen LogP contribution in [0, 0.1) is 11.8 Å². The predicted molar refractivity (Wildman–Crippen MR) is 164 cm³/mol. The van der Waals surface area contributed by atoms with Crippen molar-refractivity contribution in [2.24, 2.45) is 11.8 Å². The quantitative estimate of drug-likeness (QED) is 0.154. The van der Waals surface area contributed by atoms with Crippen LogP contribution in [0.1, 0.15) is 100.0 Å². The van der Waals surface area contributed by atoms with E-state index in [0.717, 1.165) is 37.0 Å². The monoisotopic (exact) mass is 560 g/mol. The molecule has 222 valence electrons. The lowest BCUT2D eigenvalue weighted by atomic mass is 9.91. The number of hydrogen-bond donors (Lipinski definition) is 0. The Kier molecular flexibility index (Phi) is 13.7. The number of carbonyl (C=O) groups is 1. The molecule has 0 spiro atoms. The molecule has 0 saturated carbocycles. The number of esters is 1. The molecule has 4 atom stereocenters. The van der Waals surface area contributed by atoms with Gasteiger partial charge in [0.15, 0.2) is 8.32 Å². The van der Waals surface area contributed by atoms with Crippen molar-refractivity contribution in [3.05, 3.63) is 41.5 Å². The van der Waals surface area contributed by atoms with Crippen LogP contribution in [0.4, 0.5) is 0 Å². The molecular formula is C33H56O5Si. The smallest absolute Gasteiger partial charge is 0.306 e. The Balaban J connectivity index is 2.08. The third-order valence-electron chi connectivity index (χ3n) is 8.69. The minimum atomic E-state index is -1.97. The number of cyclic esters (lactones) is 1. The number of hydrogen-bond acceptors (Lipinski definition) is 5. The summed E-state index contributed by atoms with van der Waals surface area (Å²) in [6, 6.07) is 8.02. The van der Waals surface area contributed by atoms with Gasteiger partial charge in [-0.25, -0.2) is 0 Å². The molecule has 1 aliphatic rings. The molecule has 0 aromatic heterocycles. The first-order chi connectivity index (χ1) is 18.4. The molecule has 1 heterocycles. The summed E-state index contributed by atoms with van der Waals surface area (Å²) < 4.78 is 24.6. The van der Waals surface area contributed by atoms with Gasteiger partial charge in [-0.05, 0) is 66.4 Å². The highest BCUT2D eigenvalue weighted by molar-refractivity contribution is 6.77. The van der Waals surface area contributed by atoms with Gasteiger partial charge in [0, 0.05) is 25.4 Å². The molecule has 0 amide bonds. The molecule has 0 saturated heterocycles. The van der Waals surface area contributed by atoms with E-state index in [4.69, 9.17) is 18.6 Å². The summed E-state index contributed by atoms with van der Waals surface area (Å²) in [5.74, 6) is 1.24. The number of carbonyl (C=O) groups excluding carboxylic acids is 1. The third-order valence-corrected chi connectivity index (χ3v) is 14.8. The topological polar surface area (TPSA) is 54.0 Å². The summed E-state index contributed by atoms with van der Waals surface area (Å²) in [4.78, 5) is 12.9. The van der Waals surface area contributed by atoms with Crippen molar-refractivity contribution in [1.29, 1.82) is 0 Å². The number of allylic oxidation sites excluding steroid dienone is 1. The van der Waals surface area contributed by atoms with E-state index >= 15 is 0 Å². The van der Waals surface area contributed by atoms with E-state index in [1.165, 1.54) is 5.57 Å². The zero-order valence-corrected chi connectivity index (χ0v) is 27.4. The highest BCUT2D eigenvalue weighted by Gasteiger charge is 2.45. The molecule has 0 N–H and O–H groups in total. The second kappa shape index (κ2) is 16.0. The zero-order chi connectivity index (χ0) is 29.2. The second-order valence-electron chi connectivity index (χ2n) is 12.7. The van der Waals surface area contributed by atoms with Crippen LogP contribution in [0.5, 0.6) is 5.75 Å². The summed E-state index contributed by atoms with van der Waals surface area (Å²) in [6.07, 6.45) is 5.92. The molecule has 2 rings (SSSR count). The highest BCUT2D eigenvalue weighted by atomic mass is 28.4. The van der Waals surface area contributed by atoms with E-state index in [9.17, 15) is 4.79 Å². The van der Waals surface area contributed by atoms with Crippen LogP contribution >= 0.6 is 0 Å². The molecule has 0 bridgehead atoms. The van der Waals surface area contributed by atoms with Crippen molar-refractivity contribution >= 4 is 14.3 Å². The van der Waals surface area contributed by atoms with Gasteiger partial charge in [0.05, 0.1) is 19.8 Å². The van der Waals surface area contributed by atoms with Gasteiger partial charge in [-0.15, -0.1) is 0 Å². The van der Waals surface area contributed by atoms with Gasteiger partial charge in [0.25, 0.3) is 0 Å². The second-order valence-corrected chi connectivity index (χ2v) is 18.2. The molecule has 0 unspecified atom stereocenters. The first kappa shape index (κ1) is 33.6. The Morgan fingerprint density at radius 2 is 1.62 bits per heavy atom. The fraction of sp³-hybridized carbons (Fsp3) is 0.727. The lowest BCUT2D eigenvalue weighted by molar-refractivity contribution is -0.152. The summed E-state index contributed by atoms with van der Waals surface area (Å²) in [6.45, 7) is 21.7. The fourth-order valence-electron chi connectivity index (χ4n) is 6.45. The molecular weight excluding hydrogens is 504 g/mol. The average molecular weight is 561 g/mol. The van der Waals surface area contributed by atoms with Crippen molar-refractivity contribution in [2.45, 2.75) is 130 Å². The molecule has 6 heteroatoms. The van der Waals surface area contributed by atoms with Crippen LogP contribution in [0.3, 0.4) is 0 Å². The van der Waals surface area contributed by atoms with Crippen molar-refractivity contribution in [2.75, 3.05) is 13.7 Å². The minimum absolute atomic E-state index is 0.0898. The molecule has 0 fully saturated rings. The van der Waals surface area contributed by atoms with Gasteiger partial charge in [-0.1, -0.05) is 79.2 Å². The SMILES string of the molecule is COc1ccc(CO[C@H]2CCCC(=O)O[C@@H]([C@@H](C)CO[Si](C(C)C)(C(C)C)C(C)C)C/C=C(\C)C[C@@H]2C)cc1. The fourth-order valence-corrected chi connectivity index (χ4v) is 12.0. The number of ether oxygens (including phenoxy) is 3. The third kappa shape index (κ3) is 9.75. The van der Waals surface area contributed by atoms with Crippen LogP contribution in [0.15, 0.2) is 35.9 Å². The van der Waals surface area contributed by atoms with E-state index in [0.29, 0.717) is 42.2 Å². The molecule has 0 radical (unpaired) electrons. The van der Waals surface area contributed by atoms with Crippen molar-refractivity contribution in [1.82, 2.24) is 0 Å². The molecule has 1 aliphatic heterocycles. The van der Waals surface area contributed by atoms with Crippen LogP contribution in [-0.2, 0) is 25.3 Å². The number of benzene rings is 1. The average Bonchev–Trinajstić information content (AvgIpc) is 2.87. The highest BCUT2D eigenvalue weighted by Crippen LogP contribution is 2.42. The van der Waals surface area contributed by atoms with E-state index in [1.807, 2.05) is 24.3 Å². The van der Waals surface area contributed by atoms with Gasteiger partial charge in [0.2, 0.25) is 0 Å². The van der Waals surface area contributed by atoms with Crippen molar-refractivity contribution in [3.8, 4) is 5.75 Å². The van der Waals surface area contributed by atoms with Crippen LogP contribution < -0.4 is 4.74 Å². The predicted octanol–water partition coefficient (Wildman–Crippen LogP) is 8.87. The van der Waals surface area contributed by atoms with Crippen LogP contribution in [0.25, 0.3) is 0 Å². The van der Waals surface area contributed by atoms with Gasteiger partial charge >= 0.3 is 5.97 Å². The standard InChI is InChI=1S/C33H56O5Si/c1-23(2)39(24(3)4,25(5)6)37-21-28(9)32-19-14-26(7)20-27(8)31(12-11-13-33(34)38-32)36-22-29-15-17-30(35-10)18-16-29/h14-18,23-25,27-28,31-32H,11-13,19-22H2,1-10H3/b26-14+/t27-,28-,31-,32+/m0/s1. The first-order valence-corrected chi connectivity index (χ1v) is 17.3. The zero-order valence-electron chi connectivity index (χ0n) is 26.4. The molecule has 1 aromatic carbocycles. The minimum Gasteiger partial charge on any atom is -0.497 e. The summed E-state index contributed by atoms with van der Waals surface area (Å²) in [5, 5.41) is 0. The lowest BCUT2D eigenvalue weighted by Gasteiger charge is -2.43. The van der Waals surface area contributed by atoms with Crippen molar-refractivity contribution < 1.29 is 23.4 Å². The Morgan fingerprint density at radius 3 is 2.18 bits per heavy atom. The Bertz CT molecular complexity index is 870. The maximum absolute atomic E-state index is 12.9. The maximum Gasteiger partial charge on any atom is 0.306 e. The van der Waals surface area contributed by atoms with Gasteiger partial charge in [-0.2, -0.15) is 0 Å². The van der Waals surface area contributed by atoms with Crippen LogP contribution in [-0.4, -0.2) is 40.2 Å². The Hall–Kier alpha value is -1.63. The summed E-state index contributed by atoms with van der Waals surface area (Å²) >= 11 is 0. The largest absolute Gasteiger partial charge is 0.497 e. The molecule has 39 heavy (non-hydrogen) atoms. The first-order valence-electron chi connectivity index (χ1n) is 15.1.